The molecule has 9 heteroatoms. The van der Waals surface area contributed by atoms with E-state index in [9.17, 15) is 22.8 Å². The van der Waals surface area contributed by atoms with Gasteiger partial charge in [0.2, 0.25) is 0 Å². The van der Waals surface area contributed by atoms with Crippen LogP contribution in [0.5, 0.6) is 0 Å². The van der Waals surface area contributed by atoms with E-state index >= 15 is 0 Å². The Hall–Kier alpha value is -1.48. The zero-order valence-electron chi connectivity index (χ0n) is 23.2. The number of Topliss-reactive ketones (excluding diaryl/α,β-unsaturated/α-hetero) is 1. The monoisotopic (exact) mass is 540 g/mol. The van der Waals surface area contributed by atoms with E-state index in [0.29, 0.717) is 32.1 Å². The molecule has 0 heterocycles. The average Bonchev–Trinajstić information content (AvgIpc) is 3.16. The lowest BCUT2D eigenvalue weighted by molar-refractivity contribution is -0.181. The third-order valence-corrected chi connectivity index (χ3v) is 11.5. The first-order valence-electron chi connectivity index (χ1n) is 13.9. The molecule has 0 saturated heterocycles. The van der Waals surface area contributed by atoms with Crippen LogP contribution in [0.25, 0.3) is 0 Å². The highest BCUT2D eigenvalue weighted by atomic mass is 32.2. The Balaban J connectivity index is 1.65. The summed E-state index contributed by atoms with van der Waals surface area (Å²) < 4.78 is 41.0. The SMILES string of the molecule is COC(=O)CC[C@@H](C)[C@H]1CC[C@H]2[C@@H]3[C@H](OS(C)(=O)=O)C[C@@H]4C[C@H](OC(C)=O)CC[C@]4(C)[C@H]3CC(=O)[C@]12C. The van der Waals surface area contributed by atoms with Crippen molar-refractivity contribution in [3.8, 4) is 0 Å². The first kappa shape index (κ1) is 28.5. The molecular weight excluding hydrogens is 496 g/mol. The van der Waals surface area contributed by atoms with Gasteiger partial charge in [0.05, 0.1) is 19.5 Å². The lowest BCUT2D eigenvalue weighted by Gasteiger charge is -2.62. The van der Waals surface area contributed by atoms with Gasteiger partial charge in [0.25, 0.3) is 10.1 Å². The second-order valence-corrected chi connectivity index (χ2v) is 14.4. The molecule has 0 aliphatic heterocycles. The summed E-state index contributed by atoms with van der Waals surface area (Å²) in [6.07, 6.45) is 6.48. The van der Waals surface area contributed by atoms with Gasteiger partial charge in [-0.05, 0) is 85.9 Å². The molecule has 210 valence electrons. The van der Waals surface area contributed by atoms with Crippen LogP contribution in [-0.4, -0.2) is 51.7 Å². The van der Waals surface area contributed by atoms with Crippen molar-refractivity contribution in [3.63, 3.8) is 0 Å². The molecule has 0 aromatic heterocycles. The third-order valence-electron chi connectivity index (χ3n) is 10.9. The normalized spacial score (nSPS) is 42.2. The predicted molar refractivity (Wildman–Crippen MR) is 137 cm³/mol. The standard InChI is InChI=1S/C28H44O8S/c1-16(7-10-25(31)34-5)20-8-9-21-26-22(15-24(30)28(20,21)4)27(3)12-11-19(35-17(2)29)13-18(27)14-23(26)36-37(6,32)33/h16,18-23,26H,7-15H2,1-6H3/t16-,18+,19-,20-,21+,22+,23-,26+,27+,28-/m1/s1. The number of hydrogen-bond donors (Lipinski definition) is 0. The third kappa shape index (κ3) is 5.23. The van der Waals surface area contributed by atoms with Crippen molar-refractivity contribution in [2.45, 2.75) is 97.7 Å². The molecule has 0 amide bonds. The number of carbonyl (C=O) groups excluding carboxylic acids is 3. The Morgan fingerprint density at radius 2 is 1.81 bits per heavy atom. The van der Waals surface area contributed by atoms with E-state index in [1.54, 1.807) is 0 Å². The van der Waals surface area contributed by atoms with E-state index in [-0.39, 0.29) is 64.7 Å². The second-order valence-electron chi connectivity index (χ2n) is 12.8. The van der Waals surface area contributed by atoms with E-state index < -0.39 is 21.6 Å². The highest BCUT2D eigenvalue weighted by Gasteiger charge is 2.66. The quantitative estimate of drug-likeness (QED) is 0.347. The largest absolute Gasteiger partial charge is 0.469 e. The number of carbonyl (C=O) groups is 3. The fourth-order valence-electron chi connectivity index (χ4n) is 9.13. The van der Waals surface area contributed by atoms with Crippen LogP contribution in [0, 0.1) is 46.3 Å². The molecule has 4 saturated carbocycles. The zero-order chi connectivity index (χ0) is 27.3. The van der Waals surface area contributed by atoms with Gasteiger partial charge in [0.15, 0.2) is 0 Å². The van der Waals surface area contributed by atoms with Crippen LogP contribution < -0.4 is 0 Å². The number of esters is 2. The van der Waals surface area contributed by atoms with Crippen LogP contribution in [0.3, 0.4) is 0 Å². The van der Waals surface area contributed by atoms with E-state index in [1.807, 2.05) is 0 Å². The maximum Gasteiger partial charge on any atom is 0.305 e. The molecule has 37 heavy (non-hydrogen) atoms. The highest BCUT2D eigenvalue weighted by molar-refractivity contribution is 7.86. The molecule has 0 bridgehead atoms. The number of ether oxygens (including phenoxy) is 2. The number of rotatable bonds is 7. The molecule has 0 radical (unpaired) electrons. The lowest BCUT2D eigenvalue weighted by Crippen LogP contribution is -2.62. The summed E-state index contributed by atoms with van der Waals surface area (Å²) in [7, 11) is -2.31. The number of fused-ring (bicyclic) bond motifs is 5. The first-order valence-corrected chi connectivity index (χ1v) is 15.7. The van der Waals surface area contributed by atoms with Gasteiger partial charge >= 0.3 is 11.9 Å². The molecule has 0 spiro atoms. The number of hydrogen-bond acceptors (Lipinski definition) is 8. The maximum absolute atomic E-state index is 14.1. The number of ketones is 1. The Bertz CT molecular complexity index is 1020. The molecule has 0 unspecified atom stereocenters. The Kier molecular flexibility index (Phi) is 7.90. The second kappa shape index (κ2) is 10.2. The molecule has 0 N–H and O–H groups in total. The van der Waals surface area contributed by atoms with Gasteiger partial charge in [-0.15, -0.1) is 0 Å². The predicted octanol–water partition coefficient (Wildman–Crippen LogP) is 4.30. The molecule has 4 aliphatic rings. The fraction of sp³-hybridized carbons (Fsp3) is 0.893. The summed E-state index contributed by atoms with van der Waals surface area (Å²) in [5.41, 5.74) is -0.696. The summed E-state index contributed by atoms with van der Waals surface area (Å²) in [6.45, 7) is 7.90. The van der Waals surface area contributed by atoms with Crippen LogP contribution in [-0.2, 0) is 38.2 Å². The van der Waals surface area contributed by atoms with Crippen molar-refractivity contribution in [3.05, 3.63) is 0 Å². The summed E-state index contributed by atoms with van der Waals surface area (Å²) >= 11 is 0. The summed E-state index contributed by atoms with van der Waals surface area (Å²) in [4.78, 5) is 37.5. The van der Waals surface area contributed by atoms with Crippen LogP contribution in [0.15, 0.2) is 0 Å². The van der Waals surface area contributed by atoms with Gasteiger partial charge in [-0.1, -0.05) is 20.8 Å². The summed E-state index contributed by atoms with van der Waals surface area (Å²) in [6, 6.07) is 0. The molecule has 0 aromatic carbocycles. The van der Waals surface area contributed by atoms with E-state index in [4.69, 9.17) is 13.7 Å². The fourth-order valence-corrected chi connectivity index (χ4v) is 9.79. The molecule has 0 aromatic rings. The average molecular weight is 541 g/mol. The number of methoxy groups -OCH3 is 1. The van der Waals surface area contributed by atoms with E-state index in [2.05, 4.69) is 20.8 Å². The molecule has 10 atom stereocenters. The smallest absolute Gasteiger partial charge is 0.305 e. The topological polar surface area (TPSA) is 113 Å². The minimum Gasteiger partial charge on any atom is -0.469 e. The van der Waals surface area contributed by atoms with Crippen LogP contribution in [0.2, 0.25) is 0 Å². The van der Waals surface area contributed by atoms with Gasteiger partial charge in [0.1, 0.15) is 11.9 Å². The molecule has 4 fully saturated rings. The molecular formula is C28H44O8S. The van der Waals surface area contributed by atoms with Crippen LogP contribution in [0.1, 0.15) is 85.5 Å². The summed E-state index contributed by atoms with van der Waals surface area (Å²) in [5.74, 6) is 0.217. The van der Waals surface area contributed by atoms with E-state index in [0.717, 1.165) is 31.9 Å². The van der Waals surface area contributed by atoms with Gasteiger partial charge in [0, 0.05) is 25.2 Å². The van der Waals surface area contributed by atoms with Crippen molar-refractivity contribution >= 4 is 27.8 Å². The Labute approximate surface area is 221 Å². The summed E-state index contributed by atoms with van der Waals surface area (Å²) in [5, 5.41) is 0. The highest BCUT2D eigenvalue weighted by Crippen LogP contribution is 2.68. The van der Waals surface area contributed by atoms with Crippen molar-refractivity contribution in [2.75, 3.05) is 13.4 Å². The zero-order valence-corrected chi connectivity index (χ0v) is 24.0. The van der Waals surface area contributed by atoms with Crippen molar-refractivity contribution in [2.24, 2.45) is 46.3 Å². The van der Waals surface area contributed by atoms with Crippen LogP contribution >= 0.6 is 0 Å². The molecule has 8 nitrogen and oxygen atoms in total. The van der Waals surface area contributed by atoms with Crippen molar-refractivity contribution in [1.82, 2.24) is 0 Å². The lowest BCUT2D eigenvalue weighted by atomic mass is 9.43. The van der Waals surface area contributed by atoms with E-state index in [1.165, 1.54) is 14.0 Å². The Morgan fingerprint density at radius 3 is 2.43 bits per heavy atom. The Morgan fingerprint density at radius 1 is 1.11 bits per heavy atom. The van der Waals surface area contributed by atoms with Gasteiger partial charge in [-0.3, -0.25) is 18.6 Å². The van der Waals surface area contributed by atoms with Gasteiger partial charge in [-0.2, -0.15) is 8.42 Å². The van der Waals surface area contributed by atoms with Crippen molar-refractivity contribution < 1.29 is 36.5 Å². The first-order chi connectivity index (χ1) is 17.2. The minimum absolute atomic E-state index is 0.0262. The molecule has 4 aliphatic carbocycles. The minimum atomic E-state index is -3.70. The molecule has 4 rings (SSSR count). The maximum atomic E-state index is 14.1. The van der Waals surface area contributed by atoms with Crippen LogP contribution in [0.4, 0.5) is 0 Å². The van der Waals surface area contributed by atoms with Gasteiger partial charge in [-0.25, -0.2) is 0 Å². The van der Waals surface area contributed by atoms with Gasteiger partial charge < -0.3 is 9.47 Å². The van der Waals surface area contributed by atoms with Crippen molar-refractivity contribution in [1.29, 1.82) is 0 Å².